The van der Waals surface area contributed by atoms with Crippen LogP contribution in [0.1, 0.15) is 25.1 Å². The standard InChI is InChI=1S/C12H16N4S/c1-8(2)13-6-10-7-17-12(16-10)11-14-4-9(3)5-15-11/h4-5,7-8,13H,6H2,1-3H3. The van der Waals surface area contributed by atoms with Gasteiger partial charge in [-0.05, 0) is 12.5 Å². The van der Waals surface area contributed by atoms with Crippen molar-refractivity contribution in [3.63, 3.8) is 0 Å². The number of aryl methyl sites for hydroxylation is 1. The maximum atomic E-state index is 4.51. The van der Waals surface area contributed by atoms with Gasteiger partial charge < -0.3 is 5.32 Å². The highest BCUT2D eigenvalue weighted by Crippen LogP contribution is 2.19. The molecule has 0 amide bonds. The van der Waals surface area contributed by atoms with E-state index >= 15 is 0 Å². The Kier molecular flexibility index (Phi) is 3.81. The Hall–Kier alpha value is -1.33. The Balaban J connectivity index is 2.10. The van der Waals surface area contributed by atoms with Gasteiger partial charge in [0, 0.05) is 30.4 Å². The van der Waals surface area contributed by atoms with Crippen molar-refractivity contribution in [2.24, 2.45) is 0 Å². The van der Waals surface area contributed by atoms with Crippen LogP contribution < -0.4 is 5.32 Å². The summed E-state index contributed by atoms with van der Waals surface area (Å²) in [4.78, 5) is 13.1. The van der Waals surface area contributed by atoms with Crippen molar-refractivity contribution in [2.45, 2.75) is 33.4 Å². The van der Waals surface area contributed by atoms with Crippen LogP contribution >= 0.6 is 11.3 Å². The molecule has 2 aromatic heterocycles. The van der Waals surface area contributed by atoms with E-state index in [-0.39, 0.29) is 0 Å². The molecule has 0 radical (unpaired) electrons. The first kappa shape index (κ1) is 12.1. The van der Waals surface area contributed by atoms with Gasteiger partial charge in [0.15, 0.2) is 10.8 Å². The van der Waals surface area contributed by atoms with Crippen LogP contribution in [-0.2, 0) is 6.54 Å². The zero-order chi connectivity index (χ0) is 12.3. The fourth-order valence-electron chi connectivity index (χ4n) is 1.30. The molecule has 0 saturated carbocycles. The van der Waals surface area contributed by atoms with Gasteiger partial charge in [0.05, 0.1) is 5.69 Å². The van der Waals surface area contributed by atoms with E-state index in [0.717, 1.165) is 22.8 Å². The Morgan fingerprint density at radius 2 is 2.00 bits per heavy atom. The van der Waals surface area contributed by atoms with E-state index in [1.165, 1.54) is 0 Å². The van der Waals surface area contributed by atoms with Gasteiger partial charge in [0.2, 0.25) is 0 Å². The summed E-state index contributed by atoms with van der Waals surface area (Å²) >= 11 is 1.58. The first-order valence-electron chi connectivity index (χ1n) is 5.62. The fraction of sp³-hybridized carbons (Fsp3) is 0.417. The summed E-state index contributed by atoms with van der Waals surface area (Å²) in [5, 5.41) is 6.27. The van der Waals surface area contributed by atoms with Crippen molar-refractivity contribution in [1.29, 1.82) is 0 Å². The summed E-state index contributed by atoms with van der Waals surface area (Å²) in [6, 6.07) is 0.468. The Labute approximate surface area is 105 Å². The lowest BCUT2D eigenvalue weighted by atomic mass is 10.3. The fourth-order valence-corrected chi connectivity index (χ4v) is 2.07. The van der Waals surface area contributed by atoms with Crippen LogP contribution in [0.4, 0.5) is 0 Å². The van der Waals surface area contributed by atoms with Crippen molar-refractivity contribution < 1.29 is 0 Å². The van der Waals surface area contributed by atoms with Gasteiger partial charge in [0.1, 0.15) is 0 Å². The smallest absolute Gasteiger partial charge is 0.188 e. The molecule has 2 aromatic rings. The van der Waals surface area contributed by atoms with Crippen LogP contribution in [0.2, 0.25) is 0 Å². The molecular weight excluding hydrogens is 232 g/mol. The van der Waals surface area contributed by atoms with Gasteiger partial charge in [-0.2, -0.15) is 0 Å². The molecule has 5 heteroatoms. The van der Waals surface area contributed by atoms with E-state index in [9.17, 15) is 0 Å². The lowest BCUT2D eigenvalue weighted by Crippen LogP contribution is -2.21. The van der Waals surface area contributed by atoms with Gasteiger partial charge >= 0.3 is 0 Å². The molecule has 0 unspecified atom stereocenters. The normalized spacial score (nSPS) is 11.1. The van der Waals surface area contributed by atoms with Gasteiger partial charge in [-0.25, -0.2) is 15.0 Å². The molecule has 4 nitrogen and oxygen atoms in total. The lowest BCUT2D eigenvalue weighted by molar-refractivity contribution is 0.583. The van der Waals surface area contributed by atoms with Gasteiger partial charge in [-0.15, -0.1) is 11.3 Å². The van der Waals surface area contributed by atoms with Crippen LogP contribution in [0.15, 0.2) is 17.8 Å². The number of hydrogen-bond acceptors (Lipinski definition) is 5. The lowest BCUT2D eigenvalue weighted by Gasteiger charge is -2.04. The number of nitrogens with zero attached hydrogens (tertiary/aromatic N) is 3. The molecule has 0 aliphatic rings. The van der Waals surface area contributed by atoms with Crippen molar-refractivity contribution in [3.05, 3.63) is 29.0 Å². The van der Waals surface area contributed by atoms with Crippen LogP contribution in [0.3, 0.4) is 0 Å². The minimum atomic E-state index is 0.468. The average molecular weight is 248 g/mol. The number of rotatable bonds is 4. The first-order valence-corrected chi connectivity index (χ1v) is 6.50. The molecule has 2 heterocycles. The van der Waals surface area contributed by atoms with Crippen LogP contribution in [0.25, 0.3) is 10.8 Å². The summed E-state index contributed by atoms with van der Waals surface area (Å²) < 4.78 is 0. The SMILES string of the molecule is Cc1cnc(-c2nc(CNC(C)C)cs2)nc1. The van der Waals surface area contributed by atoms with E-state index in [4.69, 9.17) is 0 Å². The predicted octanol–water partition coefficient (Wildman–Crippen LogP) is 2.41. The zero-order valence-electron chi connectivity index (χ0n) is 10.3. The van der Waals surface area contributed by atoms with E-state index in [1.54, 1.807) is 11.3 Å². The number of aromatic nitrogens is 3. The van der Waals surface area contributed by atoms with E-state index in [0.29, 0.717) is 11.9 Å². The highest BCUT2D eigenvalue weighted by Gasteiger charge is 2.07. The summed E-state index contributed by atoms with van der Waals surface area (Å²) in [5.41, 5.74) is 2.11. The molecule has 0 aliphatic carbocycles. The van der Waals surface area contributed by atoms with Crippen LogP contribution in [-0.4, -0.2) is 21.0 Å². The van der Waals surface area contributed by atoms with Crippen molar-refractivity contribution in [2.75, 3.05) is 0 Å². The molecular formula is C12H16N4S. The summed E-state index contributed by atoms with van der Waals surface area (Å²) in [5.74, 6) is 0.705. The second-order valence-corrected chi connectivity index (χ2v) is 5.12. The molecule has 0 spiro atoms. The molecule has 0 saturated heterocycles. The molecule has 0 aromatic carbocycles. The zero-order valence-corrected chi connectivity index (χ0v) is 11.1. The van der Waals surface area contributed by atoms with Gasteiger partial charge in [-0.1, -0.05) is 13.8 Å². The molecule has 0 aliphatic heterocycles. The topological polar surface area (TPSA) is 50.7 Å². The quantitative estimate of drug-likeness (QED) is 0.902. The molecule has 90 valence electrons. The van der Waals surface area contributed by atoms with Crippen molar-refractivity contribution >= 4 is 11.3 Å². The summed E-state index contributed by atoms with van der Waals surface area (Å²) in [7, 11) is 0. The predicted molar refractivity (Wildman–Crippen MR) is 69.9 cm³/mol. The minimum absolute atomic E-state index is 0.468. The third kappa shape index (κ3) is 3.31. The summed E-state index contributed by atoms with van der Waals surface area (Å²) in [6.45, 7) is 7.01. The molecule has 1 N–H and O–H groups in total. The second kappa shape index (κ2) is 5.33. The van der Waals surface area contributed by atoms with Gasteiger partial charge in [0.25, 0.3) is 0 Å². The van der Waals surface area contributed by atoms with Crippen molar-refractivity contribution in [3.8, 4) is 10.8 Å². The minimum Gasteiger partial charge on any atom is -0.309 e. The molecule has 0 atom stereocenters. The second-order valence-electron chi connectivity index (χ2n) is 4.26. The number of hydrogen-bond donors (Lipinski definition) is 1. The maximum Gasteiger partial charge on any atom is 0.188 e. The Morgan fingerprint density at radius 1 is 1.29 bits per heavy atom. The third-order valence-corrected chi connectivity index (χ3v) is 3.10. The molecule has 0 bridgehead atoms. The van der Waals surface area contributed by atoms with Crippen LogP contribution in [0, 0.1) is 6.92 Å². The number of thiazole rings is 1. The Morgan fingerprint density at radius 3 is 2.65 bits per heavy atom. The Bertz CT molecular complexity index is 476. The molecule has 2 rings (SSSR count). The highest BCUT2D eigenvalue weighted by molar-refractivity contribution is 7.13. The van der Waals surface area contributed by atoms with Crippen LogP contribution in [0.5, 0.6) is 0 Å². The first-order chi connectivity index (χ1) is 8.15. The van der Waals surface area contributed by atoms with E-state index in [1.807, 2.05) is 24.7 Å². The number of nitrogens with one attached hydrogen (secondary N) is 1. The van der Waals surface area contributed by atoms with E-state index < -0.39 is 0 Å². The van der Waals surface area contributed by atoms with Gasteiger partial charge in [-0.3, -0.25) is 0 Å². The maximum absolute atomic E-state index is 4.51. The molecule has 17 heavy (non-hydrogen) atoms. The van der Waals surface area contributed by atoms with E-state index in [2.05, 4.69) is 34.1 Å². The largest absolute Gasteiger partial charge is 0.309 e. The highest BCUT2D eigenvalue weighted by atomic mass is 32.1. The monoisotopic (exact) mass is 248 g/mol. The summed E-state index contributed by atoms with van der Waals surface area (Å²) in [6.07, 6.45) is 3.63. The van der Waals surface area contributed by atoms with Crippen molar-refractivity contribution in [1.82, 2.24) is 20.3 Å². The average Bonchev–Trinajstić information content (AvgIpc) is 2.76. The third-order valence-electron chi connectivity index (χ3n) is 2.22. The molecule has 0 fully saturated rings.